The van der Waals surface area contributed by atoms with Gasteiger partial charge < -0.3 is 0 Å². The van der Waals surface area contributed by atoms with Gasteiger partial charge in [-0.05, 0) is 29.2 Å². The third kappa shape index (κ3) is 3.58. The Labute approximate surface area is 164 Å². The fourth-order valence-electron chi connectivity index (χ4n) is 3.18. The minimum Gasteiger partial charge on any atom is -0.260 e. The number of benzene rings is 3. The molecule has 0 unspecified atom stereocenters. The van der Waals surface area contributed by atoms with E-state index in [0.717, 1.165) is 11.1 Å². The molecule has 0 saturated carbocycles. The maximum Gasteiger partial charge on any atom is 0.154 e. The van der Waals surface area contributed by atoms with E-state index in [1.807, 2.05) is 42.5 Å². The van der Waals surface area contributed by atoms with E-state index in [-0.39, 0.29) is 11.2 Å². The molecule has 28 heavy (non-hydrogen) atoms. The third-order valence-electron chi connectivity index (χ3n) is 4.79. The van der Waals surface area contributed by atoms with Crippen molar-refractivity contribution in [2.45, 2.75) is 26.2 Å². The van der Waals surface area contributed by atoms with Crippen LogP contribution in [0.25, 0.3) is 0 Å². The number of hydrogen-bond donors (Lipinski definition) is 1. The number of nitrogens with one attached hydrogen (secondary N) is 1. The van der Waals surface area contributed by atoms with E-state index >= 15 is 0 Å². The Morgan fingerprint density at radius 1 is 0.821 bits per heavy atom. The van der Waals surface area contributed by atoms with Crippen LogP contribution in [0, 0.1) is 5.82 Å². The lowest BCUT2D eigenvalue weighted by molar-refractivity contribution is 0.590. The van der Waals surface area contributed by atoms with E-state index in [9.17, 15) is 4.39 Å². The van der Waals surface area contributed by atoms with Crippen molar-refractivity contribution in [3.05, 3.63) is 101 Å². The second kappa shape index (κ2) is 7.04. The molecule has 3 aromatic carbocycles. The highest BCUT2D eigenvalue weighted by molar-refractivity contribution is 6.17. The maximum atomic E-state index is 14.0. The standard InChI is InChI=1S/C24H22FN3/c1-24(2,3)18-11-9-17(10-12-18)23-26-21-14-13-19(25)15-20(21)22(27-28-23)16-7-5-4-6-8-16/h4-15H,1-3H3,(H,26,28). The summed E-state index contributed by atoms with van der Waals surface area (Å²) in [6.07, 6.45) is 0. The van der Waals surface area contributed by atoms with E-state index < -0.39 is 0 Å². The first-order valence-electron chi connectivity index (χ1n) is 9.30. The van der Waals surface area contributed by atoms with Gasteiger partial charge in [0.2, 0.25) is 0 Å². The minimum absolute atomic E-state index is 0.0833. The molecule has 0 spiro atoms. The number of hydrogen-bond acceptors (Lipinski definition) is 3. The lowest BCUT2D eigenvalue weighted by Gasteiger charge is -2.19. The molecule has 1 aliphatic rings. The van der Waals surface area contributed by atoms with Crippen LogP contribution in [0.1, 0.15) is 43.0 Å². The average molecular weight is 371 g/mol. The van der Waals surface area contributed by atoms with Crippen molar-refractivity contribution >= 4 is 17.2 Å². The summed E-state index contributed by atoms with van der Waals surface area (Å²) in [5.41, 5.74) is 8.27. The van der Waals surface area contributed by atoms with Gasteiger partial charge in [-0.25, -0.2) is 9.38 Å². The molecule has 140 valence electrons. The molecule has 3 nitrogen and oxygen atoms in total. The molecular weight excluding hydrogens is 349 g/mol. The highest BCUT2D eigenvalue weighted by Gasteiger charge is 2.19. The molecular formula is C24H22FN3. The van der Waals surface area contributed by atoms with Crippen molar-refractivity contribution in [2.24, 2.45) is 10.1 Å². The maximum absolute atomic E-state index is 14.0. The molecule has 1 aliphatic heterocycles. The lowest BCUT2D eigenvalue weighted by atomic mass is 9.86. The Morgan fingerprint density at radius 2 is 1.54 bits per heavy atom. The van der Waals surface area contributed by atoms with Gasteiger partial charge in [-0.3, -0.25) is 5.43 Å². The zero-order chi connectivity index (χ0) is 19.7. The number of amidine groups is 1. The Hall–Kier alpha value is -3.27. The molecule has 0 saturated heterocycles. The van der Waals surface area contributed by atoms with Crippen molar-refractivity contribution < 1.29 is 4.39 Å². The summed E-state index contributed by atoms with van der Waals surface area (Å²) in [6, 6.07) is 22.6. The third-order valence-corrected chi connectivity index (χ3v) is 4.79. The van der Waals surface area contributed by atoms with E-state index in [4.69, 9.17) is 4.99 Å². The van der Waals surface area contributed by atoms with Crippen LogP contribution < -0.4 is 5.43 Å². The molecule has 0 bridgehead atoms. The van der Waals surface area contributed by atoms with Crippen LogP contribution in [0.4, 0.5) is 10.1 Å². The summed E-state index contributed by atoms with van der Waals surface area (Å²) >= 11 is 0. The smallest absolute Gasteiger partial charge is 0.154 e. The van der Waals surface area contributed by atoms with Crippen molar-refractivity contribution in [3.63, 3.8) is 0 Å². The topological polar surface area (TPSA) is 36.8 Å². The molecule has 4 rings (SSSR count). The van der Waals surface area contributed by atoms with Crippen molar-refractivity contribution in [1.82, 2.24) is 5.43 Å². The molecule has 1 heterocycles. The van der Waals surface area contributed by atoms with Gasteiger partial charge in [0, 0.05) is 16.7 Å². The molecule has 0 fully saturated rings. The van der Waals surface area contributed by atoms with E-state index in [0.29, 0.717) is 22.8 Å². The zero-order valence-corrected chi connectivity index (χ0v) is 16.2. The quantitative estimate of drug-likeness (QED) is 0.629. The van der Waals surface area contributed by atoms with Gasteiger partial charge in [0.05, 0.1) is 5.69 Å². The van der Waals surface area contributed by atoms with Crippen molar-refractivity contribution in [1.29, 1.82) is 0 Å². The minimum atomic E-state index is -0.310. The predicted octanol–water partition coefficient (Wildman–Crippen LogP) is 5.56. The van der Waals surface area contributed by atoms with Gasteiger partial charge in [0.1, 0.15) is 11.5 Å². The monoisotopic (exact) mass is 371 g/mol. The van der Waals surface area contributed by atoms with Gasteiger partial charge in [0.15, 0.2) is 5.84 Å². The Bertz CT molecular complexity index is 1060. The number of halogens is 1. The first-order chi connectivity index (χ1) is 13.4. The van der Waals surface area contributed by atoms with Gasteiger partial charge in [-0.15, -0.1) is 0 Å². The SMILES string of the molecule is CC(C)(C)c1ccc(C2=Nc3ccc(F)cc3C(c3ccccc3)=NN2)cc1. The number of aliphatic imine (C=N–C) groups is 1. The summed E-state index contributed by atoms with van der Waals surface area (Å²) in [5, 5.41) is 4.57. The Balaban J connectivity index is 1.80. The predicted molar refractivity (Wildman–Crippen MR) is 113 cm³/mol. The van der Waals surface area contributed by atoms with Crippen LogP contribution in [-0.2, 0) is 5.41 Å². The highest BCUT2D eigenvalue weighted by atomic mass is 19.1. The fraction of sp³-hybridized carbons (Fsp3) is 0.167. The average Bonchev–Trinajstić information content (AvgIpc) is 2.87. The largest absolute Gasteiger partial charge is 0.260 e. The van der Waals surface area contributed by atoms with Gasteiger partial charge >= 0.3 is 0 Å². The first kappa shape index (κ1) is 18.1. The van der Waals surface area contributed by atoms with Gasteiger partial charge in [-0.2, -0.15) is 5.10 Å². The summed E-state index contributed by atoms with van der Waals surface area (Å²) in [4.78, 5) is 4.74. The van der Waals surface area contributed by atoms with Crippen molar-refractivity contribution in [2.75, 3.05) is 0 Å². The van der Waals surface area contributed by atoms with Gasteiger partial charge in [0.25, 0.3) is 0 Å². The molecule has 0 aromatic heterocycles. The number of rotatable bonds is 2. The molecule has 0 atom stereocenters. The van der Waals surface area contributed by atoms with Crippen LogP contribution in [0.15, 0.2) is 82.9 Å². The molecule has 1 N–H and O–H groups in total. The molecule has 4 heteroatoms. The Morgan fingerprint density at radius 3 is 2.21 bits per heavy atom. The van der Waals surface area contributed by atoms with Crippen LogP contribution in [-0.4, -0.2) is 11.5 Å². The Kier molecular flexibility index (Phi) is 4.55. The normalized spacial score (nSPS) is 13.7. The van der Waals surface area contributed by atoms with E-state index in [1.165, 1.54) is 17.7 Å². The number of hydrazone groups is 1. The molecule has 3 aromatic rings. The van der Waals surface area contributed by atoms with Gasteiger partial charge in [-0.1, -0.05) is 75.4 Å². The second-order valence-corrected chi connectivity index (χ2v) is 7.89. The lowest BCUT2D eigenvalue weighted by Crippen LogP contribution is -2.20. The fourth-order valence-corrected chi connectivity index (χ4v) is 3.18. The highest BCUT2D eigenvalue weighted by Crippen LogP contribution is 2.27. The summed E-state index contributed by atoms with van der Waals surface area (Å²) in [5.74, 6) is 0.329. The first-order valence-corrected chi connectivity index (χ1v) is 9.30. The zero-order valence-electron chi connectivity index (χ0n) is 16.2. The number of fused-ring (bicyclic) bond motifs is 1. The van der Waals surface area contributed by atoms with Crippen LogP contribution in [0.2, 0.25) is 0 Å². The summed E-state index contributed by atoms with van der Waals surface area (Å²) in [6.45, 7) is 6.56. The van der Waals surface area contributed by atoms with E-state index in [1.54, 1.807) is 6.07 Å². The summed E-state index contributed by atoms with van der Waals surface area (Å²) < 4.78 is 14.0. The second-order valence-electron chi connectivity index (χ2n) is 7.89. The van der Waals surface area contributed by atoms with Crippen molar-refractivity contribution in [3.8, 4) is 0 Å². The van der Waals surface area contributed by atoms with E-state index in [2.05, 4.69) is 43.4 Å². The molecule has 0 amide bonds. The molecule has 0 radical (unpaired) electrons. The van der Waals surface area contributed by atoms with Crippen LogP contribution in [0.3, 0.4) is 0 Å². The number of nitrogens with zero attached hydrogens (tertiary/aromatic N) is 2. The summed E-state index contributed by atoms with van der Waals surface area (Å²) in [7, 11) is 0. The molecule has 0 aliphatic carbocycles. The van der Waals surface area contributed by atoms with Crippen LogP contribution in [0.5, 0.6) is 0 Å². The van der Waals surface area contributed by atoms with Crippen LogP contribution >= 0.6 is 0 Å².